The minimum Gasteiger partial charge on any atom is -0.862 e. The van der Waals surface area contributed by atoms with Crippen molar-refractivity contribution in [2.75, 3.05) is 6.61 Å². The van der Waals surface area contributed by atoms with Crippen LogP contribution in [-0.4, -0.2) is 18.5 Å². The zero-order chi connectivity index (χ0) is 7.28. The summed E-state index contributed by atoms with van der Waals surface area (Å²) in [6.07, 6.45) is -0.437. The number of carbonyl (C=O) groups is 1. The molecule has 0 atom stereocenters. The van der Waals surface area contributed by atoms with Gasteiger partial charge in [-0.25, -0.2) is 0 Å². The van der Waals surface area contributed by atoms with Gasteiger partial charge in [0.2, 0.25) is 0 Å². The van der Waals surface area contributed by atoms with Crippen LogP contribution in [0.25, 0.3) is 0 Å². The molecule has 10 heavy (non-hydrogen) atoms. The van der Waals surface area contributed by atoms with E-state index in [2.05, 4.69) is 4.74 Å². The number of halogens is 1. The molecular formula is C5H9ClNO3-. The minimum absolute atomic E-state index is 0. The molecule has 0 rings (SSSR count). The molecule has 0 spiro atoms. The number of esters is 1. The molecule has 0 aliphatic rings. The first-order valence-electron chi connectivity index (χ1n) is 2.57. The van der Waals surface area contributed by atoms with Gasteiger partial charge < -0.3 is 15.3 Å². The molecule has 0 unspecified atom stereocenters. The Balaban J connectivity index is 0. The first-order chi connectivity index (χ1) is 4.16. The van der Waals surface area contributed by atoms with Crippen LogP contribution < -0.4 is 5.11 Å². The molecule has 0 aromatic carbocycles. The Hall–Kier alpha value is -0.770. The zero-order valence-electron chi connectivity index (χ0n) is 5.55. The Morgan fingerprint density at radius 1 is 1.70 bits per heavy atom. The van der Waals surface area contributed by atoms with Gasteiger partial charge in [-0.15, -0.1) is 12.4 Å². The molecule has 0 fully saturated rings. The summed E-state index contributed by atoms with van der Waals surface area (Å²) in [7, 11) is 0. The summed E-state index contributed by atoms with van der Waals surface area (Å²) in [4.78, 5) is 10.3. The highest BCUT2D eigenvalue weighted by Gasteiger charge is 1.97. The molecule has 0 radical (unpaired) electrons. The molecule has 60 valence electrons. The molecule has 0 aliphatic carbocycles. The van der Waals surface area contributed by atoms with Crippen LogP contribution in [0.15, 0.2) is 0 Å². The van der Waals surface area contributed by atoms with Gasteiger partial charge >= 0.3 is 5.97 Å². The van der Waals surface area contributed by atoms with Crippen molar-refractivity contribution in [3.05, 3.63) is 0 Å². The monoisotopic (exact) mass is 166 g/mol. The first kappa shape index (κ1) is 12.0. The Labute approximate surface area is 65.1 Å². The van der Waals surface area contributed by atoms with Crippen LogP contribution in [0.4, 0.5) is 0 Å². The predicted octanol–water partition coefficient (Wildman–Crippen LogP) is -0.301. The highest BCUT2D eigenvalue weighted by molar-refractivity contribution is 5.90. The lowest BCUT2D eigenvalue weighted by atomic mass is 10.4. The molecular weight excluding hydrogens is 158 g/mol. The fraction of sp³-hybridized carbons (Fsp3) is 0.600. The Kier molecular flexibility index (Phi) is 7.60. The number of rotatable bonds is 3. The van der Waals surface area contributed by atoms with Crippen molar-refractivity contribution in [3.63, 3.8) is 0 Å². The summed E-state index contributed by atoms with van der Waals surface area (Å²) in [6, 6.07) is 0. The molecule has 0 aromatic heterocycles. The Morgan fingerprint density at radius 2 is 2.20 bits per heavy atom. The summed E-state index contributed by atoms with van der Waals surface area (Å²) in [5.41, 5.74) is 0. The fourth-order valence-corrected chi connectivity index (χ4v) is 0.343. The number of ether oxygens (including phenoxy) is 1. The van der Waals surface area contributed by atoms with Gasteiger partial charge in [-0.05, 0) is 12.8 Å². The van der Waals surface area contributed by atoms with Gasteiger partial charge in [-0.3, -0.25) is 4.79 Å². The molecule has 0 aliphatic heterocycles. The van der Waals surface area contributed by atoms with Crippen LogP contribution in [0.5, 0.6) is 0 Å². The maximum Gasteiger partial charge on any atom is 0.310 e. The molecule has 1 N–H and O–H groups in total. The molecule has 0 amide bonds. The number of hydrogen-bond acceptors (Lipinski definition) is 4. The highest BCUT2D eigenvalue weighted by atomic mass is 35.5. The second-order valence-electron chi connectivity index (χ2n) is 1.40. The average Bonchev–Trinajstić information content (AvgIpc) is 1.63. The topological polar surface area (TPSA) is 73.2 Å². The van der Waals surface area contributed by atoms with Crippen LogP contribution in [0.1, 0.15) is 13.3 Å². The molecule has 0 bridgehead atoms. The van der Waals surface area contributed by atoms with Crippen LogP contribution in [0.3, 0.4) is 0 Å². The van der Waals surface area contributed by atoms with E-state index in [4.69, 9.17) is 5.41 Å². The van der Waals surface area contributed by atoms with Crippen LogP contribution in [0.2, 0.25) is 0 Å². The Morgan fingerprint density at radius 3 is 2.50 bits per heavy atom. The number of carbonyl (C=O) groups excluding carboxylic acids is 1. The fourth-order valence-electron chi connectivity index (χ4n) is 0.343. The SMILES string of the molecule is CCOC(=O)CC(=N)[O-].Cl. The number of hydrogen-bond donors (Lipinski definition) is 1. The van der Waals surface area contributed by atoms with Crippen LogP contribution >= 0.6 is 12.4 Å². The van der Waals surface area contributed by atoms with E-state index in [1.165, 1.54) is 0 Å². The van der Waals surface area contributed by atoms with E-state index in [0.717, 1.165) is 0 Å². The molecule has 0 heterocycles. The summed E-state index contributed by atoms with van der Waals surface area (Å²) < 4.78 is 4.37. The zero-order valence-corrected chi connectivity index (χ0v) is 6.36. The van der Waals surface area contributed by atoms with Gasteiger partial charge in [0.15, 0.2) is 0 Å². The van der Waals surface area contributed by atoms with Crippen LogP contribution in [0, 0.1) is 5.41 Å². The lowest BCUT2D eigenvalue weighted by Gasteiger charge is -2.04. The molecule has 0 saturated heterocycles. The summed E-state index contributed by atoms with van der Waals surface area (Å²) in [6.45, 7) is 1.90. The third kappa shape index (κ3) is 7.23. The smallest absolute Gasteiger partial charge is 0.310 e. The van der Waals surface area contributed by atoms with Crippen molar-refractivity contribution < 1.29 is 14.6 Å². The normalized spacial score (nSPS) is 7.70. The summed E-state index contributed by atoms with van der Waals surface area (Å²) in [5.74, 6) is -1.54. The standard InChI is InChI=1S/C5H9NO3.ClH/c1-2-9-5(8)3-4(6)7;/h2-3H2,1H3,(H2,6,7);1H/p-1. The van der Waals surface area contributed by atoms with Crippen molar-refractivity contribution >= 4 is 24.3 Å². The van der Waals surface area contributed by atoms with Gasteiger partial charge in [0.1, 0.15) is 0 Å². The second kappa shape index (κ2) is 6.35. The van der Waals surface area contributed by atoms with Gasteiger partial charge in [0.05, 0.1) is 13.0 Å². The Bertz CT molecular complexity index is 126. The van der Waals surface area contributed by atoms with E-state index < -0.39 is 18.3 Å². The van der Waals surface area contributed by atoms with Crippen molar-refractivity contribution in [2.45, 2.75) is 13.3 Å². The summed E-state index contributed by atoms with van der Waals surface area (Å²) in [5, 5.41) is 16.2. The molecule has 5 heteroatoms. The third-order valence-electron chi connectivity index (χ3n) is 0.610. The summed E-state index contributed by atoms with van der Waals surface area (Å²) >= 11 is 0. The lowest BCUT2D eigenvalue weighted by Crippen LogP contribution is -2.21. The predicted molar refractivity (Wildman–Crippen MR) is 36.2 cm³/mol. The molecule has 0 aromatic rings. The van der Waals surface area contributed by atoms with Crippen molar-refractivity contribution in [1.29, 1.82) is 5.41 Å². The van der Waals surface area contributed by atoms with E-state index in [0.29, 0.717) is 0 Å². The van der Waals surface area contributed by atoms with Gasteiger partial charge in [0.25, 0.3) is 0 Å². The van der Waals surface area contributed by atoms with E-state index in [1.807, 2.05) is 0 Å². The van der Waals surface area contributed by atoms with Gasteiger partial charge in [-0.1, -0.05) is 0 Å². The third-order valence-corrected chi connectivity index (χ3v) is 0.610. The van der Waals surface area contributed by atoms with Crippen molar-refractivity contribution in [1.82, 2.24) is 0 Å². The van der Waals surface area contributed by atoms with E-state index in [-0.39, 0.29) is 19.0 Å². The van der Waals surface area contributed by atoms with Crippen molar-refractivity contribution in [2.24, 2.45) is 0 Å². The first-order valence-corrected chi connectivity index (χ1v) is 2.57. The second-order valence-corrected chi connectivity index (χ2v) is 1.40. The van der Waals surface area contributed by atoms with Crippen LogP contribution in [-0.2, 0) is 9.53 Å². The van der Waals surface area contributed by atoms with Crippen molar-refractivity contribution in [3.8, 4) is 0 Å². The highest BCUT2D eigenvalue weighted by Crippen LogP contribution is 1.82. The van der Waals surface area contributed by atoms with Gasteiger partial charge in [0, 0.05) is 0 Å². The largest absolute Gasteiger partial charge is 0.862 e. The van der Waals surface area contributed by atoms with Gasteiger partial charge in [-0.2, -0.15) is 0 Å². The molecule has 4 nitrogen and oxygen atoms in total. The van der Waals surface area contributed by atoms with E-state index in [9.17, 15) is 9.90 Å². The maximum atomic E-state index is 10.3. The quantitative estimate of drug-likeness (QED) is 0.355. The average molecular weight is 167 g/mol. The molecule has 0 saturated carbocycles. The minimum atomic E-state index is -0.909. The van der Waals surface area contributed by atoms with E-state index in [1.54, 1.807) is 6.92 Å². The lowest BCUT2D eigenvalue weighted by molar-refractivity contribution is -0.221. The van der Waals surface area contributed by atoms with E-state index >= 15 is 0 Å². The maximum absolute atomic E-state index is 10.3. The number of nitrogens with one attached hydrogen (secondary N) is 1.